The normalized spacial score (nSPS) is 17.9. The molecule has 3 aromatic rings. The summed E-state index contributed by atoms with van der Waals surface area (Å²) in [4.78, 5) is 21.4. The number of aromatic nitrogens is 4. The number of hydrogen-bond acceptors (Lipinski definition) is 9. The summed E-state index contributed by atoms with van der Waals surface area (Å²) in [5.74, 6) is 0.395. The van der Waals surface area contributed by atoms with Gasteiger partial charge in [-0.2, -0.15) is 0 Å². The van der Waals surface area contributed by atoms with Gasteiger partial charge in [0.2, 0.25) is 5.13 Å². The third kappa shape index (κ3) is 4.82. The van der Waals surface area contributed by atoms with Crippen molar-refractivity contribution in [2.75, 3.05) is 25.6 Å². The van der Waals surface area contributed by atoms with Crippen molar-refractivity contribution in [1.29, 1.82) is 0 Å². The zero-order valence-corrected chi connectivity index (χ0v) is 19.4. The van der Waals surface area contributed by atoms with Crippen LogP contribution >= 0.6 is 22.9 Å². The second-order valence-electron chi connectivity index (χ2n) is 7.30. The van der Waals surface area contributed by atoms with Crippen molar-refractivity contribution >= 4 is 34.0 Å². The third-order valence-electron chi connectivity index (χ3n) is 5.26. The summed E-state index contributed by atoms with van der Waals surface area (Å²) in [6, 6.07) is 3.42. The zero-order chi connectivity index (χ0) is 22.7. The molecule has 1 N–H and O–H groups in total. The Morgan fingerprint density at radius 2 is 2.22 bits per heavy atom. The van der Waals surface area contributed by atoms with Gasteiger partial charge in [0.05, 0.1) is 31.1 Å². The largest absolute Gasteiger partial charge is 0.494 e. The molecule has 1 saturated heterocycles. The standard InChI is InChI=1S/C21H22ClN5O4S/c1-11-18(29-3)17(13-4-6-23-16(22)8-13)15(9-24-11)19(28)25-20-26-27-21(32-20)31-10-14-5-7-30-12(14)2/h4,6,8-9,12,14H,5,7,10H2,1-3H3,(H,25,26,28). The second kappa shape index (κ2) is 9.76. The first-order valence-electron chi connectivity index (χ1n) is 10.0. The lowest BCUT2D eigenvalue weighted by Crippen LogP contribution is -2.19. The van der Waals surface area contributed by atoms with Gasteiger partial charge in [-0.3, -0.25) is 15.1 Å². The summed E-state index contributed by atoms with van der Waals surface area (Å²) in [6.45, 7) is 5.07. The highest BCUT2D eigenvalue weighted by Gasteiger charge is 2.26. The number of nitrogens with zero attached hydrogens (tertiary/aromatic N) is 4. The Morgan fingerprint density at radius 1 is 1.38 bits per heavy atom. The maximum atomic E-state index is 13.1. The van der Waals surface area contributed by atoms with Crippen molar-refractivity contribution in [3.63, 3.8) is 0 Å². The highest BCUT2D eigenvalue weighted by molar-refractivity contribution is 7.17. The number of halogens is 1. The van der Waals surface area contributed by atoms with Gasteiger partial charge in [-0.15, -0.1) is 5.10 Å². The fourth-order valence-electron chi connectivity index (χ4n) is 3.51. The molecule has 1 aliphatic heterocycles. The lowest BCUT2D eigenvalue weighted by atomic mass is 9.99. The summed E-state index contributed by atoms with van der Waals surface area (Å²) in [7, 11) is 1.53. The van der Waals surface area contributed by atoms with Crippen LogP contribution in [0.25, 0.3) is 11.1 Å². The van der Waals surface area contributed by atoms with E-state index in [1.54, 1.807) is 25.3 Å². The van der Waals surface area contributed by atoms with E-state index in [2.05, 4.69) is 25.5 Å². The smallest absolute Gasteiger partial charge is 0.295 e. The number of aryl methyl sites for hydroxylation is 1. The minimum Gasteiger partial charge on any atom is -0.494 e. The van der Waals surface area contributed by atoms with Crippen LogP contribution in [0.1, 0.15) is 29.4 Å². The number of nitrogens with one attached hydrogen (secondary N) is 1. The fraction of sp³-hybridized carbons (Fsp3) is 0.381. The molecule has 168 valence electrons. The molecule has 0 saturated carbocycles. The quantitative estimate of drug-likeness (QED) is 0.510. The van der Waals surface area contributed by atoms with Gasteiger partial charge in [0.1, 0.15) is 10.9 Å². The molecular formula is C21H22ClN5O4S. The van der Waals surface area contributed by atoms with Gasteiger partial charge >= 0.3 is 0 Å². The van der Waals surface area contributed by atoms with Crippen LogP contribution in [0.5, 0.6) is 10.9 Å². The topological polar surface area (TPSA) is 108 Å². The fourth-order valence-corrected chi connectivity index (χ4v) is 4.28. The predicted molar refractivity (Wildman–Crippen MR) is 121 cm³/mol. The van der Waals surface area contributed by atoms with Gasteiger partial charge in [-0.1, -0.05) is 16.7 Å². The number of amides is 1. The number of anilines is 1. The molecule has 32 heavy (non-hydrogen) atoms. The van der Waals surface area contributed by atoms with Gasteiger partial charge in [-0.25, -0.2) is 4.98 Å². The van der Waals surface area contributed by atoms with E-state index in [1.165, 1.54) is 13.3 Å². The number of carbonyl (C=O) groups excluding carboxylic acids is 1. The van der Waals surface area contributed by atoms with Gasteiger partial charge in [0.15, 0.2) is 0 Å². The highest BCUT2D eigenvalue weighted by Crippen LogP contribution is 2.36. The van der Waals surface area contributed by atoms with Crippen molar-refractivity contribution in [1.82, 2.24) is 20.2 Å². The first-order chi connectivity index (χ1) is 15.5. The molecule has 1 fully saturated rings. The Labute approximate surface area is 194 Å². The van der Waals surface area contributed by atoms with Crippen molar-refractivity contribution in [3.8, 4) is 22.1 Å². The average Bonchev–Trinajstić information content (AvgIpc) is 3.40. The highest BCUT2D eigenvalue weighted by atomic mass is 35.5. The van der Waals surface area contributed by atoms with Crippen LogP contribution in [0, 0.1) is 12.8 Å². The molecule has 2 unspecified atom stereocenters. The maximum Gasteiger partial charge on any atom is 0.295 e. The molecule has 0 spiro atoms. The maximum absolute atomic E-state index is 13.1. The zero-order valence-electron chi connectivity index (χ0n) is 17.8. The van der Waals surface area contributed by atoms with Crippen LogP contribution in [0.2, 0.25) is 5.15 Å². The summed E-state index contributed by atoms with van der Waals surface area (Å²) in [6.07, 6.45) is 4.18. The van der Waals surface area contributed by atoms with Crippen molar-refractivity contribution in [3.05, 3.63) is 40.9 Å². The third-order valence-corrected chi connectivity index (χ3v) is 6.22. The summed E-state index contributed by atoms with van der Waals surface area (Å²) in [5, 5.41) is 11.8. The van der Waals surface area contributed by atoms with Crippen LogP contribution in [0.15, 0.2) is 24.5 Å². The van der Waals surface area contributed by atoms with Gasteiger partial charge in [0.25, 0.3) is 11.1 Å². The molecule has 4 rings (SSSR count). The summed E-state index contributed by atoms with van der Waals surface area (Å²) < 4.78 is 16.8. The molecule has 0 radical (unpaired) electrons. The number of ether oxygens (including phenoxy) is 3. The molecule has 11 heteroatoms. The molecule has 0 aromatic carbocycles. The van der Waals surface area contributed by atoms with E-state index in [0.29, 0.717) is 56.1 Å². The predicted octanol–water partition coefficient (Wildman–Crippen LogP) is 4.02. The average molecular weight is 476 g/mol. The van der Waals surface area contributed by atoms with Crippen LogP contribution in [0.4, 0.5) is 5.13 Å². The molecule has 0 aliphatic carbocycles. The number of methoxy groups -OCH3 is 1. The Hall–Kier alpha value is -2.82. The number of carbonyl (C=O) groups is 1. The van der Waals surface area contributed by atoms with E-state index in [9.17, 15) is 4.79 Å². The summed E-state index contributed by atoms with van der Waals surface area (Å²) >= 11 is 7.23. The van der Waals surface area contributed by atoms with Crippen molar-refractivity contribution in [2.45, 2.75) is 26.4 Å². The Balaban J connectivity index is 1.54. The Morgan fingerprint density at radius 3 is 2.94 bits per heavy atom. The molecule has 4 heterocycles. The van der Waals surface area contributed by atoms with Crippen LogP contribution in [-0.4, -0.2) is 52.5 Å². The monoisotopic (exact) mass is 475 g/mol. The van der Waals surface area contributed by atoms with E-state index in [-0.39, 0.29) is 6.10 Å². The summed E-state index contributed by atoms with van der Waals surface area (Å²) in [5.41, 5.74) is 2.21. The lowest BCUT2D eigenvalue weighted by molar-refractivity contribution is 0.0903. The van der Waals surface area contributed by atoms with Gasteiger partial charge < -0.3 is 14.2 Å². The van der Waals surface area contributed by atoms with Crippen LogP contribution in [0.3, 0.4) is 0 Å². The molecule has 2 atom stereocenters. The molecule has 0 bridgehead atoms. The number of pyridine rings is 2. The molecule has 1 amide bonds. The number of rotatable bonds is 7. The minimum absolute atomic E-state index is 0.159. The van der Waals surface area contributed by atoms with E-state index < -0.39 is 5.91 Å². The molecule has 3 aromatic heterocycles. The first-order valence-corrected chi connectivity index (χ1v) is 11.2. The SMILES string of the molecule is COc1c(C)ncc(C(=O)Nc2nnc(OCC3CCOC3C)s2)c1-c1ccnc(Cl)c1. The first kappa shape index (κ1) is 22.4. The minimum atomic E-state index is -0.403. The number of hydrogen-bond donors (Lipinski definition) is 1. The van der Waals surface area contributed by atoms with Gasteiger partial charge in [-0.05, 0) is 49.3 Å². The van der Waals surface area contributed by atoms with Crippen LogP contribution in [-0.2, 0) is 4.74 Å². The molecule has 9 nitrogen and oxygen atoms in total. The van der Waals surface area contributed by atoms with Crippen molar-refractivity contribution in [2.24, 2.45) is 5.92 Å². The Bertz CT molecular complexity index is 1130. The lowest BCUT2D eigenvalue weighted by Gasteiger charge is -2.15. The molecule has 1 aliphatic rings. The van der Waals surface area contributed by atoms with Gasteiger partial charge in [0, 0.05) is 30.5 Å². The molecular weight excluding hydrogens is 454 g/mol. The van der Waals surface area contributed by atoms with E-state index in [4.69, 9.17) is 25.8 Å². The second-order valence-corrected chi connectivity index (χ2v) is 8.62. The van der Waals surface area contributed by atoms with E-state index >= 15 is 0 Å². The van der Waals surface area contributed by atoms with E-state index in [0.717, 1.165) is 24.4 Å². The van der Waals surface area contributed by atoms with Crippen LogP contribution < -0.4 is 14.8 Å². The van der Waals surface area contributed by atoms with Crippen molar-refractivity contribution < 1.29 is 19.0 Å². The van der Waals surface area contributed by atoms with E-state index in [1.807, 2.05) is 6.92 Å². The Kier molecular flexibility index (Phi) is 6.83.